The summed E-state index contributed by atoms with van der Waals surface area (Å²) in [5, 5.41) is 0.253. The first-order valence-electron chi connectivity index (χ1n) is 8.42. The van der Waals surface area contributed by atoms with Crippen LogP contribution in [0.3, 0.4) is 0 Å². The molecular weight excluding hydrogens is 384 g/mol. The van der Waals surface area contributed by atoms with E-state index < -0.39 is 10.0 Å². The zero-order valence-corrected chi connectivity index (χ0v) is 16.7. The molecular formula is C20H21ClN2O3S. The molecule has 0 bridgehead atoms. The predicted molar refractivity (Wildman–Crippen MR) is 107 cm³/mol. The van der Waals surface area contributed by atoms with E-state index in [9.17, 15) is 8.42 Å². The molecule has 1 N–H and O–H groups in total. The zero-order chi connectivity index (χ0) is 19.4. The molecule has 0 spiro atoms. The largest absolute Gasteiger partial charge is 0.495 e. The van der Waals surface area contributed by atoms with E-state index in [-0.39, 0.29) is 16.5 Å². The molecule has 1 heterocycles. The number of aryl methyl sites for hydroxylation is 1. The summed E-state index contributed by atoms with van der Waals surface area (Å²) in [6, 6.07) is 16.5. The van der Waals surface area contributed by atoms with E-state index in [0.29, 0.717) is 12.3 Å². The fourth-order valence-electron chi connectivity index (χ4n) is 2.72. The van der Waals surface area contributed by atoms with E-state index >= 15 is 0 Å². The molecule has 27 heavy (non-hydrogen) atoms. The second-order valence-corrected chi connectivity index (χ2v) is 8.41. The average molecular weight is 405 g/mol. The quantitative estimate of drug-likeness (QED) is 0.647. The van der Waals surface area contributed by atoms with Gasteiger partial charge in [0.2, 0.25) is 10.0 Å². The maximum atomic E-state index is 12.6. The lowest BCUT2D eigenvalue weighted by Crippen LogP contribution is -2.24. The summed E-state index contributed by atoms with van der Waals surface area (Å²) in [4.78, 5) is 0.102. The molecule has 0 aliphatic rings. The summed E-state index contributed by atoms with van der Waals surface area (Å²) < 4.78 is 34.8. The van der Waals surface area contributed by atoms with Gasteiger partial charge in [0, 0.05) is 18.4 Å². The minimum Gasteiger partial charge on any atom is -0.495 e. The summed E-state index contributed by atoms with van der Waals surface area (Å²) >= 11 is 6.04. The first-order valence-corrected chi connectivity index (χ1v) is 10.3. The zero-order valence-electron chi connectivity index (χ0n) is 15.1. The number of hydrogen-bond acceptors (Lipinski definition) is 3. The highest BCUT2D eigenvalue weighted by atomic mass is 35.5. The fraction of sp³-hybridized carbons (Fsp3) is 0.200. The van der Waals surface area contributed by atoms with E-state index in [1.165, 1.54) is 30.9 Å². The van der Waals surface area contributed by atoms with Crippen molar-refractivity contribution in [1.29, 1.82) is 0 Å². The van der Waals surface area contributed by atoms with Crippen molar-refractivity contribution >= 4 is 21.6 Å². The topological polar surface area (TPSA) is 60.3 Å². The summed E-state index contributed by atoms with van der Waals surface area (Å²) in [6.07, 6.45) is 1.94. The fourth-order valence-corrected chi connectivity index (χ4v) is 4.07. The van der Waals surface area contributed by atoms with Gasteiger partial charge in [-0.1, -0.05) is 41.4 Å². The minimum absolute atomic E-state index is 0.102. The smallest absolute Gasteiger partial charge is 0.240 e. The third kappa shape index (κ3) is 4.71. The second kappa shape index (κ2) is 8.17. The Kier molecular flexibility index (Phi) is 5.89. The van der Waals surface area contributed by atoms with Crippen LogP contribution in [0.15, 0.2) is 65.7 Å². The van der Waals surface area contributed by atoms with Crippen molar-refractivity contribution in [2.45, 2.75) is 24.9 Å². The van der Waals surface area contributed by atoms with Crippen LogP contribution in [0, 0.1) is 6.92 Å². The molecule has 3 aromatic rings. The van der Waals surface area contributed by atoms with Gasteiger partial charge in [-0.15, -0.1) is 0 Å². The van der Waals surface area contributed by atoms with Crippen molar-refractivity contribution in [3.05, 3.63) is 82.6 Å². The van der Waals surface area contributed by atoms with E-state index in [1.54, 1.807) is 0 Å². The van der Waals surface area contributed by atoms with E-state index in [0.717, 1.165) is 11.3 Å². The van der Waals surface area contributed by atoms with E-state index in [2.05, 4.69) is 29.0 Å². The van der Waals surface area contributed by atoms with Crippen LogP contribution < -0.4 is 9.46 Å². The van der Waals surface area contributed by atoms with Crippen LogP contribution >= 0.6 is 11.6 Å². The molecule has 3 rings (SSSR count). The highest BCUT2D eigenvalue weighted by molar-refractivity contribution is 7.89. The Morgan fingerprint density at radius 2 is 1.85 bits per heavy atom. The first kappa shape index (κ1) is 19.5. The van der Waals surface area contributed by atoms with Crippen LogP contribution in [0.2, 0.25) is 5.02 Å². The van der Waals surface area contributed by atoms with E-state index in [1.807, 2.05) is 29.8 Å². The molecule has 0 saturated heterocycles. The van der Waals surface area contributed by atoms with Crippen LogP contribution in [-0.2, 0) is 23.1 Å². The average Bonchev–Trinajstić information content (AvgIpc) is 3.09. The lowest BCUT2D eigenvalue weighted by atomic mass is 10.1. The van der Waals surface area contributed by atoms with Crippen LogP contribution in [0.25, 0.3) is 0 Å². The number of nitrogens with one attached hydrogen (secondary N) is 1. The van der Waals surface area contributed by atoms with Gasteiger partial charge in [-0.25, -0.2) is 13.1 Å². The number of aromatic nitrogens is 1. The number of methoxy groups -OCH3 is 1. The molecule has 0 aliphatic heterocycles. The number of ether oxygens (including phenoxy) is 1. The molecule has 1 aromatic heterocycles. The van der Waals surface area contributed by atoms with Crippen LogP contribution in [0.5, 0.6) is 5.75 Å². The van der Waals surface area contributed by atoms with Crippen LogP contribution in [0.4, 0.5) is 0 Å². The van der Waals surface area contributed by atoms with Gasteiger partial charge in [0.25, 0.3) is 0 Å². The Morgan fingerprint density at radius 1 is 1.11 bits per heavy atom. The van der Waals surface area contributed by atoms with Crippen molar-refractivity contribution < 1.29 is 13.2 Å². The third-order valence-corrected chi connectivity index (χ3v) is 5.97. The second-order valence-electron chi connectivity index (χ2n) is 6.23. The summed E-state index contributed by atoms with van der Waals surface area (Å²) in [6.45, 7) is 2.91. The molecule has 5 nitrogen and oxygen atoms in total. The molecule has 0 fully saturated rings. The lowest BCUT2D eigenvalue weighted by Gasteiger charge is -2.12. The number of halogens is 1. The molecule has 0 aliphatic carbocycles. The Balaban J connectivity index is 1.72. The van der Waals surface area contributed by atoms with Gasteiger partial charge in [-0.3, -0.25) is 0 Å². The predicted octanol–water partition coefficient (Wildman–Crippen LogP) is 3.99. The third-order valence-electron chi connectivity index (χ3n) is 4.27. The molecule has 0 radical (unpaired) electrons. The van der Waals surface area contributed by atoms with Crippen molar-refractivity contribution in [3.63, 3.8) is 0 Å². The Hall–Kier alpha value is -2.28. The highest BCUT2D eigenvalue weighted by Crippen LogP contribution is 2.26. The maximum Gasteiger partial charge on any atom is 0.240 e. The maximum absolute atomic E-state index is 12.6. The molecule has 142 valence electrons. The van der Waals surface area contributed by atoms with Crippen molar-refractivity contribution in [2.75, 3.05) is 7.11 Å². The lowest BCUT2D eigenvalue weighted by molar-refractivity contribution is 0.414. The number of hydrogen-bond donors (Lipinski definition) is 1. The summed E-state index contributed by atoms with van der Waals surface area (Å²) in [5.74, 6) is 0.433. The molecule has 0 unspecified atom stereocenters. The molecule has 0 amide bonds. The van der Waals surface area contributed by atoms with Gasteiger partial charge >= 0.3 is 0 Å². The Labute approximate surface area is 164 Å². The van der Waals surface area contributed by atoms with Crippen molar-refractivity contribution in [2.24, 2.45) is 0 Å². The van der Waals surface area contributed by atoms with Gasteiger partial charge < -0.3 is 9.30 Å². The Bertz CT molecular complexity index is 1030. The normalized spacial score (nSPS) is 11.5. The summed E-state index contributed by atoms with van der Waals surface area (Å²) in [5.41, 5.74) is 3.24. The van der Waals surface area contributed by atoms with Gasteiger partial charge in [0.15, 0.2) is 0 Å². The van der Waals surface area contributed by atoms with E-state index in [4.69, 9.17) is 16.3 Å². The monoisotopic (exact) mass is 404 g/mol. The van der Waals surface area contributed by atoms with Crippen molar-refractivity contribution in [3.8, 4) is 5.75 Å². The molecule has 0 atom stereocenters. The minimum atomic E-state index is -3.68. The Morgan fingerprint density at radius 3 is 2.52 bits per heavy atom. The summed E-state index contributed by atoms with van der Waals surface area (Å²) in [7, 11) is -2.20. The van der Waals surface area contributed by atoms with Crippen molar-refractivity contribution in [1.82, 2.24) is 9.29 Å². The molecule has 0 saturated carbocycles. The molecule has 2 aromatic carbocycles. The van der Waals surface area contributed by atoms with Gasteiger partial charge in [-0.05, 0) is 42.8 Å². The number of benzene rings is 2. The molecule has 7 heteroatoms. The first-order chi connectivity index (χ1) is 12.9. The number of rotatable bonds is 7. The van der Waals surface area contributed by atoms with Gasteiger partial charge in [0.1, 0.15) is 5.75 Å². The number of sulfonamides is 1. The SMILES string of the molecule is COc1ccc(S(=O)(=O)NCc2cccn2Cc2ccc(C)cc2)cc1Cl. The standard InChI is InChI=1S/C20H21ClN2O3S/c1-15-5-7-16(8-6-15)14-23-11-3-4-17(23)13-22-27(24,25)18-9-10-20(26-2)19(21)12-18/h3-12,22H,13-14H2,1-2H3. The number of nitrogens with zero attached hydrogens (tertiary/aromatic N) is 1. The van der Waals surface area contributed by atoms with Gasteiger partial charge in [0.05, 0.1) is 23.6 Å². The van der Waals surface area contributed by atoms with Gasteiger partial charge in [-0.2, -0.15) is 0 Å². The van der Waals surface area contributed by atoms with Crippen LogP contribution in [0.1, 0.15) is 16.8 Å². The highest BCUT2D eigenvalue weighted by Gasteiger charge is 2.16. The van der Waals surface area contributed by atoms with Crippen LogP contribution in [-0.4, -0.2) is 20.1 Å².